The van der Waals surface area contributed by atoms with Gasteiger partial charge in [-0.05, 0) is 73.0 Å². The van der Waals surface area contributed by atoms with Crippen LogP contribution in [-0.2, 0) is 4.79 Å². The molecule has 0 aromatic heterocycles. The van der Waals surface area contributed by atoms with Crippen LogP contribution < -0.4 is 10.2 Å². The molecule has 4 rings (SSSR count). The Kier molecular flexibility index (Phi) is 5.54. The van der Waals surface area contributed by atoms with Gasteiger partial charge >= 0.3 is 0 Å². The molecule has 0 bridgehead atoms. The molecule has 0 radical (unpaired) electrons. The van der Waals surface area contributed by atoms with Gasteiger partial charge in [-0.15, -0.1) is 0 Å². The van der Waals surface area contributed by atoms with Crippen molar-refractivity contribution in [1.29, 1.82) is 0 Å². The maximum Gasteiger partial charge on any atom is 0.275 e. The number of benzene rings is 3. The van der Waals surface area contributed by atoms with E-state index in [1.807, 2.05) is 44.2 Å². The van der Waals surface area contributed by atoms with Gasteiger partial charge in [-0.2, -0.15) is 0 Å². The van der Waals surface area contributed by atoms with E-state index in [4.69, 9.17) is 23.2 Å². The van der Waals surface area contributed by atoms with Crippen LogP contribution in [0.4, 0.5) is 15.8 Å². The summed E-state index contributed by atoms with van der Waals surface area (Å²) in [7, 11) is 0. The molecule has 1 aliphatic rings. The highest BCUT2D eigenvalue weighted by molar-refractivity contribution is 6.32. The lowest BCUT2D eigenvalue weighted by Gasteiger charge is -2.25. The minimum absolute atomic E-state index is 0.207. The van der Waals surface area contributed by atoms with Crippen molar-refractivity contribution in [2.24, 2.45) is 0 Å². The molecule has 1 aliphatic heterocycles. The zero-order valence-corrected chi connectivity index (χ0v) is 17.9. The number of hydrogen-bond donors (Lipinski definition) is 1. The molecule has 1 heterocycles. The Morgan fingerprint density at radius 3 is 2.17 bits per heavy atom. The highest BCUT2D eigenvalue weighted by atomic mass is 35.5. The Hall–Kier alpha value is -2.82. The van der Waals surface area contributed by atoms with E-state index in [1.165, 1.54) is 12.1 Å². The number of carbonyl (C=O) groups is 1. The average Bonchev–Trinajstić information content (AvgIpc) is 3.04. The second-order valence-electron chi connectivity index (χ2n) is 7.27. The fourth-order valence-corrected chi connectivity index (χ4v) is 3.75. The summed E-state index contributed by atoms with van der Waals surface area (Å²) in [6.45, 7) is 3.82. The number of anilines is 2. The third-order valence-corrected chi connectivity index (χ3v) is 5.96. The second-order valence-corrected chi connectivity index (χ2v) is 8.09. The molecule has 3 aromatic carbocycles. The molecule has 0 saturated carbocycles. The predicted molar refractivity (Wildman–Crippen MR) is 121 cm³/mol. The molecule has 0 spiro atoms. The maximum atomic E-state index is 13.5. The summed E-state index contributed by atoms with van der Waals surface area (Å²) in [5.74, 6) is -0.537. The van der Waals surface area contributed by atoms with Crippen LogP contribution in [0.25, 0.3) is 0 Å². The number of rotatable bonds is 4. The van der Waals surface area contributed by atoms with Gasteiger partial charge in [0.15, 0.2) is 0 Å². The summed E-state index contributed by atoms with van der Waals surface area (Å²) >= 11 is 12.5. The van der Waals surface area contributed by atoms with Crippen LogP contribution in [0.3, 0.4) is 0 Å². The highest BCUT2D eigenvalue weighted by Crippen LogP contribution is 2.37. The number of carbonyl (C=O) groups excluding carboxylic acids is 1. The van der Waals surface area contributed by atoms with Gasteiger partial charge in [0.05, 0.1) is 6.04 Å². The molecule has 0 fully saturated rings. The van der Waals surface area contributed by atoms with Crippen molar-refractivity contribution in [2.45, 2.75) is 19.9 Å². The van der Waals surface area contributed by atoms with E-state index in [2.05, 4.69) is 5.32 Å². The Morgan fingerprint density at radius 1 is 0.900 bits per heavy atom. The number of hydrogen-bond acceptors (Lipinski definition) is 2. The van der Waals surface area contributed by atoms with Crippen LogP contribution in [0.5, 0.6) is 0 Å². The van der Waals surface area contributed by atoms with Crippen LogP contribution in [0.1, 0.15) is 22.7 Å². The summed E-state index contributed by atoms with van der Waals surface area (Å²) in [6.07, 6.45) is 1.83. The molecule has 30 heavy (non-hydrogen) atoms. The molecule has 6 heteroatoms. The maximum absolute atomic E-state index is 13.5. The zero-order valence-electron chi connectivity index (χ0n) is 16.4. The Bertz CT molecular complexity index is 1160. The topological polar surface area (TPSA) is 32.3 Å². The van der Waals surface area contributed by atoms with Crippen molar-refractivity contribution in [3.8, 4) is 0 Å². The fourth-order valence-electron chi connectivity index (χ4n) is 3.40. The van der Waals surface area contributed by atoms with Gasteiger partial charge < -0.3 is 5.32 Å². The quantitative estimate of drug-likeness (QED) is 0.481. The number of halogens is 3. The summed E-state index contributed by atoms with van der Waals surface area (Å²) in [6, 6.07) is 16.8. The van der Waals surface area contributed by atoms with Crippen LogP contribution in [0.2, 0.25) is 10.0 Å². The fraction of sp³-hybridized carbons (Fsp3) is 0.125. The molecular weight excluding hydrogens is 422 g/mol. The van der Waals surface area contributed by atoms with Gasteiger partial charge in [0.2, 0.25) is 0 Å². The molecule has 0 unspecified atom stereocenters. The van der Waals surface area contributed by atoms with Gasteiger partial charge in [-0.25, -0.2) is 4.39 Å². The number of nitrogens with one attached hydrogen (secondary N) is 1. The van der Waals surface area contributed by atoms with E-state index >= 15 is 0 Å². The van der Waals surface area contributed by atoms with Crippen molar-refractivity contribution >= 4 is 40.5 Å². The normalized spacial score (nSPS) is 16.0. The first-order valence-electron chi connectivity index (χ1n) is 9.43. The van der Waals surface area contributed by atoms with Crippen LogP contribution >= 0.6 is 23.2 Å². The summed E-state index contributed by atoms with van der Waals surface area (Å²) in [5, 5.41) is 4.36. The summed E-state index contributed by atoms with van der Waals surface area (Å²) < 4.78 is 13.5. The number of nitrogens with zero attached hydrogens (tertiary/aromatic N) is 1. The van der Waals surface area contributed by atoms with E-state index in [0.29, 0.717) is 27.1 Å². The van der Waals surface area contributed by atoms with Gasteiger partial charge in [0.25, 0.3) is 5.91 Å². The zero-order chi connectivity index (χ0) is 21.4. The molecule has 0 saturated heterocycles. The average molecular weight is 441 g/mol. The van der Waals surface area contributed by atoms with Gasteiger partial charge in [-0.3, -0.25) is 9.69 Å². The first-order valence-corrected chi connectivity index (χ1v) is 10.2. The van der Waals surface area contributed by atoms with Crippen LogP contribution in [0.15, 0.2) is 72.4 Å². The van der Waals surface area contributed by atoms with E-state index in [1.54, 1.807) is 29.2 Å². The third-order valence-electron chi connectivity index (χ3n) is 5.15. The lowest BCUT2D eigenvalue weighted by atomic mass is 10.1. The van der Waals surface area contributed by atoms with Crippen LogP contribution in [-0.4, -0.2) is 5.91 Å². The third kappa shape index (κ3) is 3.93. The monoisotopic (exact) mass is 440 g/mol. The summed E-state index contributed by atoms with van der Waals surface area (Å²) in [4.78, 5) is 15.0. The molecule has 3 aromatic rings. The summed E-state index contributed by atoms with van der Waals surface area (Å²) in [5.41, 5.74) is 4.47. The smallest absolute Gasteiger partial charge is 0.275 e. The molecule has 152 valence electrons. The molecule has 3 nitrogen and oxygen atoms in total. The van der Waals surface area contributed by atoms with Gasteiger partial charge in [0, 0.05) is 21.4 Å². The second kappa shape index (κ2) is 8.13. The van der Waals surface area contributed by atoms with E-state index in [-0.39, 0.29) is 11.7 Å². The van der Waals surface area contributed by atoms with Gasteiger partial charge in [0.1, 0.15) is 11.5 Å². The SMILES string of the molecule is Cc1ccc(NC2=C[C@@H](c3ccc(F)cc3)N(c3ccc(C)c(Cl)c3)C2=O)cc1Cl. The van der Waals surface area contributed by atoms with Crippen molar-refractivity contribution in [1.82, 2.24) is 0 Å². The number of amides is 1. The van der Waals surface area contributed by atoms with Crippen molar-refractivity contribution in [3.05, 3.63) is 105 Å². The molecule has 0 aliphatic carbocycles. The largest absolute Gasteiger partial charge is 0.351 e. The Morgan fingerprint density at radius 2 is 1.53 bits per heavy atom. The van der Waals surface area contributed by atoms with E-state index < -0.39 is 6.04 Å². The number of aryl methyl sites for hydroxylation is 2. The Labute approximate surface area is 184 Å². The molecular formula is C24H19Cl2FN2O. The minimum atomic E-state index is -0.403. The molecule has 1 atom stereocenters. The lowest BCUT2D eigenvalue weighted by Crippen LogP contribution is -2.30. The lowest BCUT2D eigenvalue weighted by molar-refractivity contribution is -0.114. The Balaban J connectivity index is 1.74. The van der Waals surface area contributed by atoms with Crippen molar-refractivity contribution in [3.63, 3.8) is 0 Å². The molecule has 1 N–H and O–H groups in total. The molecule has 1 amide bonds. The van der Waals surface area contributed by atoms with Crippen LogP contribution in [0, 0.1) is 19.7 Å². The van der Waals surface area contributed by atoms with Crippen molar-refractivity contribution in [2.75, 3.05) is 10.2 Å². The first kappa shape index (κ1) is 20.5. The van der Waals surface area contributed by atoms with Crippen molar-refractivity contribution < 1.29 is 9.18 Å². The predicted octanol–water partition coefficient (Wildman–Crippen LogP) is 6.83. The van der Waals surface area contributed by atoms with Gasteiger partial charge in [-0.1, -0.05) is 47.5 Å². The minimum Gasteiger partial charge on any atom is -0.351 e. The van der Waals surface area contributed by atoms with E-state index in [9.17, 15) is 9.18 Å². The standard InChI is InChI=1S/C24H19Cl2FN2O/c1-14-3-9-18(11-20(14)25)28-22-13-23(16-5-7-17(27)8-6-16)29(24(22)30)19-10-4-15(2)21(26)12-19/h3-13,23,28H,1-2H3/t23-/m0/s1. The highest BCUT2D eigenvalue weighted by Gasteiger charge is 2.35. The van der Waals surface area contributed by atoms with E-state index in [0.717, 1.165) is 16.7 Å². The first-order chi connectivity index (χ1) is 14.3.